The van der Waals surface area contributed by atoms with Gasteiger partial charge in [-0.1, -0.05) is 45.9 Å². The predicted octanol–water partition coefficient (Wildman–Crippen LogP) is 2.73. The fourth-order valence-electron chi connectivity index (χ4n) is 2.19. The molecule has 0 radical (unpaired) electrons. The molecule has 1 aromatic carbocycles. The van der Waals surface area contributed by atoms with Crippen LogP contribution in [0.15, 0.2) is 35.2 Å². The zero-order chi connectivity index (χ0) is 15.4. The summed E-state index contributed by atoms with van der Waals surface area (Å²) in [5.74, 6) is -0.626. The Labute approximate surface area is 149 Å². The van der Waals surface area contributed by atoms with Crippen molar-refractivity contribution in [1.29, 1.82) is 0 Å². The Morgan fingerprint density at radius 2 is 1.71 bits per heavy atom. The van der Waals surface area contributed by atoms with E-state index in [1.165, 1.54) is 12.1 Å². The van der Waals surface area contributed by atoms with Crippen LogP contribution in [0.1, 0.15) is 40.5 Å². The van der Waals surface area contributed by atoms with Crippen molar-refractivity contribution in [3.8, 4) is 0 Å². The minimum atomic E-state index is -4.00. The van der Waals surface area contributed by atoms with E-state index in [1.54, 1.807) is 18.2 Å². The Bertz CT molecular complexity index is 547. The van der Waals surface area contributed by atoms with E-state index in [0.29, 0.717) is 0 Å². The summed E-state index contributed by atoms with van der Waals surface area (Å²) >= 11 is 0. The van der Waals surface area contributed by atoms with E-state index >= 15 is 0 Å². The summed E-state index contributed by atoms with van der Waals surface area (Å²) in [7, 11) is -4.00. The molecule has 1 aromatic rings. The van der Waals surface area contributed by atoms with Gasteiger partial charge in [0.15, 0.2) is 0 Å². The molecule has 1 unspecified atom stereocenters. The first kappa shape index (κ1) is 20.6. The molecule has 0 fully saturated rings. The predicted molar refractivity (Wildman–Crippen MR) is 84.7 cm³/mol. The second kappa shape index (κ2) is 8.32. The second-order valence-electron chi connectivity index (χ2n) is 6.30. The number of carbonyl (C=O) groups is 1. The maximum absolute atomic E-state index is 11.9. The number of benzene rings is 1. The van der Waals surface area contributed by atoms with Crippen molar-refractivity contribution in [2.45, 2.75) is 45.4 Å². The molecule has 0 amide bonds. The molecule has 21 heavy (non-hydrogen) atoms. The van der Waals surface area contributed by atoms with Gasteiger partial charge in [-0.15, -0.1) is 0 Å². The third kappa shape index (κ3) is 8.00. The molecular formula is C15H23NaO4S. The van der Waals surface area contributed by atoms with Gasteiger partial charge in [0.2, 0.25) is 0 Å². The summed E-state index contributed by atoms with van der Waals surface area (Å²) < 4.78 is 28.4. The molecule has 1 atom stereocenters. The first-order valence-corrected chi connectivity index (χ1v) is 8.03. The summed E-state index contributed by atoms with van der Waals surface area (Å²) in [4.78, 5) is 11.7. The van der Waals surface area contributed by atoms with Crippen LogP contribution in [0.3, 0.4) is 0 Å². The van der Waals surface area contributed by atoms with Gasteiger partial charge in [0.1, 0.15) is 4.90 Å². The third-order valence-electron chi connectivity index (χ3n) is 2.71. The van der Waals surface area contributed by atoms with Gasteiger partial charge in [0.05, 0.1) is 0 Å². The van der Waals surface area contributed by atoms with Crippen molar-refractivity contribution in [2.75, 3.05) is 0 Å². The molecule has 0 saturated heterocycles. The van der Waals surface area contributed by atoms with E-state index in [4.69, 9.17) is 0 Å². The SMILES string of the molecule is CC(CC(=O)OS(=O)(=O)c1ccccc1)CC(C)(C)C.[NaH]. The Morgan fingerprint density at radius 3 is 2.19 bits per heavy atom. The van der Waals surface area contributed by atoms with Crippen LogP contribution in [0.5, 0.6) is 0 Å². The van der Waals surface area contributed by atoms with Gasteiger partial charge in [-0.3, -0.25) is 4.79 Å². The van der Waals surface area contributed by atoms with Gasteiger partial charge in [-0.05, 0) is 29.9 Å². The standard InChI is InChI=1S/C15H22O4S.Na.H/c1-12(11-15(2,3)4)10-14(16)19-20(17,18)13-8-6-5-7-9-13;;/h5-9,12H,10-11H2,1-4H3;;. The van der Waals surface area contributed by atoms with Crippen LogP contribution < -0.4 is 0 Å². The van der Waals surface area contributed by atoms with Gasteiger partial charge in [-0.2, -0.15) is 8.42 Å². The van der Waals surface area contributed by atoms with E-state index in [9.17, 15) is 13.2 Å². The average Bonchev–Trinajstić information content (AvgIpc) is 2.26. The van der Waals surface area contributed by atoms with E-state index < -0.39 is 16.1 Å². The van der Waals surface area contributed by atoms with Crippen LogP contribution in [0.4, 0.5) is 0 Å². The van der Waals surface area contributed by atoms with E-state index in [2.05, 4.69) is 25.0 Å². The molecule has 114 valence electrons. The Morgan fingerprint density at radius 1 is 1.19 bits per heavy atom. The van der Waals surface area contributed by atoms with Crippen LogP contribution in [0.25, 0.3) is 0 Å². The minimum absolute atomic E-state index is 0. The molecule has 0 aliphatic heterocycles. The Balaban J connectivity index is 0.00000400. The molecule has 1 rings (SSSR count). The summed E-state index contributed by atoms with van der Waals surface area (Å²) in [5.41, 5.74) is 0.0952. The van der Waals surface area contributed by atoms with Crippen LogP contribution in [-0.4, -0.2) is 43.9 Å². The molecule has 0 saturated carbocycles. The summed E-state index contributed by atoms with van der Waals surface area (Å²) in [6.07, 6.45) is 0.927. The number of hydrogen-bond donors (Lipinski definition) is 0. The summed E-state index contributed by atoms with van der Waals surface area (Å²) in [6, 6.07) is 7.68. The molecule has 4 nitrogen and oxygen atoms in total. The Kier molecular flexibility index (Phi) is 8.18. The molecule has 0 bridgehead atoms. The fourth-order valence-corrected chi connectivity index (χ4v) is 3.09. The first-order valence-electron chi connectivity index (χ1n) is 6.62. The number of carbonyl (C=O) groups excluding carboxylic acids is 1. The first-order chi connectivity index (χ1) is 9.10. The molecule has 0 aromatic heterocycles. The monoisotopic (exact) mass is 322 g/mol. The fraction of sp³-hybridized carbons (Fsp3) is 0.533. The summed E-state index contributed by atoms with van der Waals surface area (Å²) in [6.45, 7) is 8.16. The number of hydrogen-bond acceptors (Lipinski definition) is 4. The topological polar surface area (TPSA) is 60.4 Å². The quantitative estimate of drug-likeness (QED) is 0.618. The zero-order valence-electron chi connectivity index (χ0n) is 12.4. The summed E-state index contributed by atoms with van der Waals surface area (Å²) in [5, 5.41) is 0. The third-order valence-corrected chi connectivity index (χ3v) is 3.97. The van der Waals surface area contributed by atoms with Crippen LogP contribution in [0, 0.1) is 11.3 Å². The van der Waals surface area contributed by atoms with Crippen LogP contribution in [0.2, 0.25) is 0 Å². The van der Waals surface area contributed by atoms with Gasteiger partial charge in [0.25, 0.3) is 0 Å². The normalized spacial score (nSPS) is 13.1. The zero-order valence-corrected chi connectivity index (χ0v) is 13.2. The molecule has 0 N–H and O–H groups in total. The molecule has 6 heteroatoms. The van der Waals surface area contributed by atoms with Crippen LogP contribution in [-0.2, 0) is 19.1 Å². The van der Waals surface area contributed by atoms with E-state index in [1.807, 2.05) is 6.92 Å². The van der Waals surface area contributed by atoms with E-state index in [-0.39, 0.29) is 52.2 Å². The molecule has 0 heterocycles. The van der Waals surface area contributed by atoms with Crippen molar-refractivity contribution in [2.24, 2.45) is 11.3 Å². The van der Waals surface area contributed by atoms with E-state index in [0.717, 1.165) is 6.42 Å². The van der Waals surface area contributed by atoms with Gasteiger partial charge >= 0.3 is 45.6 Å². The van der Waals surface area contributed by atoms with Crippen molar-refractivity contribution in [1.82, 2.24) is 0 Å². The van der Waals surface area contributed by atoms with Crippen molar-refractivity contribution < 1.29 is 17.4 Å². The van der Waals surface area contributed by atoms with Crippen LogP contribution >= 0.6 is 0 Å². The molecule has 0 aliphatic carbocycles. The average molecular weight is 322 g/mol. The van der Waals surface area contributed by atoms with Crippen molar-refractivity contribution in [3.05, 3.63) is 30.3 Å². The van der Waals surface area contributed by atoms with Gasteiger partial charge in [-0.25, -0.2) is 0 Å². The van der Waals surface area contributed by atoms with Gasteiger partial charge in [0, 0.05) is 6.42 Å². The Hall–Kier alpha value is -0.360. The molecular weight excluding hydrogens is 299 g/mol. The van der Waals surface area contributed by atoms with Crippen molar-refractivity contribution >= 4 is 45.6 Å². The van der Waals surface area contributed by atoms with Crippen molar-refractivity contribution in [3.63, 3.8) is 0 Å². The van der Waals surface area contributed by atoms with Gasteiger partial charge < -0.3 is 4.18 Å². The number of rotatable bonds is 5. The maximum atomic E-state index is 11.9. The molecule has 0 aliphatic rings. The molecule has 0 spiro atoms. The second-order valence-corrected chi connectivity index (χ2v) is 7.84.